The lowest BCUT2D eigenvalue weighted by atomic mass is 10.2. The van der Waals surface area contributed by atoms with Crippen molar-refractivity contribution in [1.82, 2.24) is 0 Å². The van der Waals surface area contributed by atoms with Crippen molar-refractivity contribution < 1.29 is 14.3 Å². The van der Waals surface area contributed by atoms with Crippen LogP contribution in [-0.2, 0) is 14.3 Å². The third-order valence-corrected chi connectivity index (χ3v) is 1.32. The topological polar surface area (TPSA) is 43.4 Å². The van der Waals surface area contributed by atoms with Crippen molar-refractivity contribution >= 4 is 11.8 Å². The van der Waals surface area contributed by atoms with Crippen LogP contribution in [0.15, 0.2) is 0 Å². The number of esters is 1. The van der Waals surface area contributed by atoms with Crippen molar-refractivity contribution in [3.05, 3.63) is 0 Å². The van der Waals surface area contributed by atoms with Gasteiger partial charge in [0.05, 0.1) is 0 Å². The summed E-state index contributed by atoms with van der Waals surface area (Å²) in [6.45, 7) is 5.82. The van der Waals surface area contributed by atoms with Crippen LogP contribution >= 0.6 is 0 Å². The van der Waals surface area contributed by atoms with Crippen LogP contribution in [0.1, 0.15) is 33.6 Å². The molecule has 0 bridgehead atoms. The van der Waals surface area contributed by atoms with Crippen molar-refractivity contribution in [2.75, 3.05) is 0 Å². The van der Waals surface area contributed by atoms with E-state index in [1.165, 1.54) is 0 Å². The van der Waals surface area contributed by atoms with E-state index in [-0.39, 0.29) is 18.2 Å². The lowest BCUT2D eigenvalue weighted by Gasteiger charge is -2.00. The van der Waals surface area contributed by atoms with E-state index in [0.717, 1.165) is 0 Å². The van der Waals surface area contributed by atoms with Crippen LogP contribution in [0.2, 0.25) is 0 Å². The van der Waals surface area contributed by atoms with Crippen LogP contribution in [0.3, 0.4) is 0 Å². The molecule has 0 N–H and O–H groups in total. The van der Waals surface area contributed by atoms with Gasteiger partial charge in [-0.2, -0.15) is 0 Å². The van der Waals surface area contributed by atoms with Crippen LogP contribution in [-0.4, -0.2) is 17.9 Å². The van der Waals surface area contributed by atoms with E-state index in [4.69, 9.17) is 0 Å². The van der Waals surface area contributed by atoms with Crippen LogP contribution < -0.4 is 0 Å². The molecule has 0 aromatic carbocycles. The summed E-state index contributed by atoms with van der Waals surface area (Å²) in [7, 11) is 0. The Kier molecular flexibility index (Phi) is 4.50. The lowest BCUT2D eigenvalue weighted by molar-refractivity contribution is -0.142. The summed E-state index contributed by atoms with van der Waals surface area (Å²) in [6.07, 6.45) is 0.126. The lowest BCUT2D eigenvalue weighted by Crippen LogP contribution is -2.13. The van der Waals surface area contributed by atoms with Crippen molar-refractivity contribution in [3.63, 3.8) is 0 Å². The quantitative estimate of drug-likeness (QED) is 0.427. The van der Waals surface area contributed by atoms with Crippen molar-refractivity contribution in [1.29, 1.82) is 0 Å². The smallest absolute Gasteiger partial charge is 0.314 e. The predicted molar refractivity (Wildman–Crippen MR) is 41.1 cm³/mol. The summed E-state index contributed by atoms with van der Waals surface area (Å²) in [5.74, 6) is -0.464. The van der Waals surface area contributed by atoms with E-state index in [1.54, 1.807) is 0 Å². The van der Waals surface area contributed by atoms with Gasteiger partial charge in [-0.1, -0.05) is 20.8 Å². The number of ether oxygens (including phenoxy) is 1. The molecule has 0 aliphatic carbocycles. The zero-order valence-electron chi connectivity index (χ0n) is 7.22. The second kappa shape index (κ2) is 4.88. The van der Waals surface area contributed by atoms with Crippen LogP contribution in [0, 0.1) is 0 Å². The molecular formula is C8H14O3. The van der Waals surface area contributed by atoms with Crippen molar-refractivity contribution in [2.24, 2.45) is 0 Å². The highest BCUT2D eigenvalue weighted by atomic mass is 16.6. The summed E-state index contributed by atoms with van der Waals surface area (Å²) >= 11 is 0. The molecular weight excluding hydrogens is 144 g/mol. The van der Waals surface area contributed by atoms with Crippen molar-refractivity contribution in [2.45, 2.75) is 39.7 Å². The molecule has 1 fully saturated rings. The Bertz CT molecular complexity index is 151. The van der Waals surface area contributed by atoms with E-state index in [0.29, 0.717) is 6.42 Å². The monoisotopic (exact) mass is 158 g/mol. The van der Waals surface area contributed by atoms with E-state index >= 15 is 0 Å². The van der Waals surface area contributed by atoms with Crippen molar-refractivity contribution in [3.8, 4) is 0 Å². The molecule has 0 aromatic heterocycles. The van der Waals surface area contributed by atoms with E-state index in [1.807, 2.05) is 20.8 Å². The molecule has 0 spiro atoms. The highest BCUT2D eigenvalue weighted by molar-refractivity contribution is 6.03. The summed E-state index contributed by atoms with van der Waals surface area (Å²) in [6, 6.07) is 0. The summed E-state index contributed by atoms with van der Waals surface area (Å²) in [5.41, 5.74) is 0. The maximum Gasteiger partial charge on any atom is 0.314 e. The average molecular weight is 158 g/mol. The zero-order chi connectivity index (χ0) is 8.85. The first-order valence-corrected chi connectivity index (χ1v) is 3.96. The van der Waals surface area contributed by atoms with Gasteiger partial charge in [0.15, 0.2) is 11.9 Å². The van der Waals surface area contributed by atoms with Gasteiger partial charge in [-0.25, -0.2) is 0 Å². The number of carbonyl (C=O) groups excluding carboxylic acids is 2. The number of carbonyl (C=O) groups is 2. The molecule has 1 aliphatic rings. The van der Waals surface area contributed by atoms with Gasteiger partial charge in [-0.3, -0.25) is 9.59 Å². The Morgan fingerprint density at radius 3 is 2.18 bits per heavy atom. The molecule has 1 heterocycles. The molecule has 64 valence electrons. The Hall–Kier alpha value is -0.860. The van der Waals surface area contributed by atoms with Gasteiger partial charge in [0.2, 0.25) is 0 Å². The molecule has 1 unspecified atom stereocenters. The van der Waals surface area contributed by atoms with Gasteiger partial charge in [0, 0.05) is 0 Å². The van der Waals surface area contributed by atoms with Gasteiger partial charge in [-0.15, -0.1) is 0 Å². The van der Waals surface area contributed by atoms with E-state index in [9.17, 15) is 9.59 Å². The Labute approximate surface area is 66.7 Å². The number of ketones is 1. The Balaban J connectivity index is 0.000000461. The van der Waals surface area contributed by atoms with Crippen LogP contribution in [0.4, 0.5) is 0 Å². The molecule has 0 saturated carbocycles. The molecule has 1 aliphatic heterocycles. The minimum absolute atomic E-state index is 0.0293. The second-order valence-electron chi connectivity index (χ2n) is 2.03. The van der Waals surface area contributed by atoms with E-state index < -0.39 is 6.10 Å². The highest BCUT2D eigenvalue weighted by Crippen LogP contribution is 2.11. The fourth-order valence-electron chi connectivity index (χ4n) is 0.833. The van der Waals surface area contributed by atoms with Gasteiger partial charge in [-0.05, 0) is 6.42 Å². The van der Waals surface area contributed by atoms with Crippen LogP contribution in [0.5, 0.6) is 0 Å². The molecule has 1 rings (SSSR count). The maximum absolute atomic E-state index is 10.7. The van der Waals surface area contributed by atoms with Gasteiger partial charge in [0.1, 0.15) is 6.42 Å². The normalized spacial score (nSPS) is 22.3. The number of hydrogen-bond acceptors (Lipinski definition) is 3. The Morgan fingerprint density at radius 2 is 2.00 bits per heavy atom. The largest absolute Gasteiger partial charge is 0.454 e. The number of hydrogen-bond donors (Lipinski definition) is 0. The first-order chi connectivity index (χ1) is 5.24. The third kappa shape index (κ3) is 2.70. The minimum atomic E-state index is -0.447. The second-order valence-corrected chi connectivity index (χ2v) is 2.03. The highest BCUT2D eigenvalue weighted by Gasteiger charge is 2.30. The number of rotatable bonds is 1. The zero-order valence-corrected chi connectivity index (χ0v) is 7.22. The molecule has 3 nitrogen and oxygen atoms in total. The van der Waals surface area contributed by atoms with Gasteiger partial charge in [0.25, 0.3) is 0 Å². The van der Waals surface area contributed by atoms with E-state index in [2.05, 4.69) is 4.74 Å². The maximum atomic E-state index is 10.7. The molecule has 0 radical (unpaired) electrons. The summed E-state index contributed by atoms with van der Waals surface area (Å²) < 4.78 is 4.63. The molecule has 0 amide bonds. The fourth-order valence-corrected chi connectivity index (χ4v) is 0.833. The average Bonchev–Trinajstić information content (AvgIpc) is 2.33. The Morgan fingerprint density at radius 1 is 1.45 bits per heavy atom. The SMILES string of the molecule is CC.CCC1OC(=O)CC1=O. The summed E-state index contributed by atoms with van der Waals surface area (Å²) in [4.78, 5) is 21.0. The standard InChI is InChI=1S/C6H8O3.C2H6/c1-2-5-4(7)3-6(8)9-5;1-2/h5H,2-3H2,1H3;1-2H3. The first kappa shape index (κ1) is 10.1. The molecule has 3 heteroatoms. The molecule has 1 atom stereocenters. The van der Waals surface area contributed by atoms with Gasteiger partial charge < -0.3 is 4.74 Å². The molecule has 11 heavy (non-hydrogen) atoms. The van der Waals surface area contributed by atoms with Crippen LogP contribution in [0.25, 0.3) is 0 Å². The summed E-state index contributed by atoms with van der Waals surface area (Å²) in [5, 5.41) is 0. The molecule has 1 saturated heterocycles. The fraction of sp³-hybridized carbons (Fsp3) is 0.750. The first-order valence-electron chi connectivity index (χ1n) is 3.96. The third-order valence-electron chi connectivity index (χ3n) is 1.32. The number of cyclic esters (lactones) is 1. The predicted octanol–water partition coefficient (Wildman–Crippen LogP) is 1.31. The van der Waals surface area contributed by atoms with Gasteiger partial charge >= 0.3 is 5.97 Å². The molecule has 0 aromatic rings. The number of Topliss-reactive ketones (excluding diaryl/α,β-unsaturated/α-hetero) is 1. The minimum Gasteiger partial charge on any atom is -0.454 e.